The molecule has 39 heavy (non-hydrogen) atoms. The number of nitrogens with zero attached hydrogens (tertiary/aromatic N) is 6. The van der Waals surface area contributed by atoms with Crippen LogP contribution in [-0.4, -0.2) is 64.6 Å². The second kappa shape index (κ2) is 16.9. The number of hydrogen-bond acceptors (Lipinski definition) is 11. The van der Waals surface area contributed by atoms with Gasteiger partial charge in [0.2, 0.25) is 0 Å². The molecule has 2 aliphatic heterocycles. The van der Waals surface area contributed by atoms with E-state index < -0.39 is 9.85 Å². The fourth-order valence-electron chi connectivity index (χ4n) is 4.28. The average molecular weight is 548 g/mol. The van der Waals surface area contributed by atoms with Crippen LogP contribution in [0.15, 0.2) is 36.7 Å². The van der Waals surface area contributed by atoms with Crippen molar-refractivity contribution in [3.05, 3.63) is 56.9 Å². The van der Waals surface area contributed by atoms with Gasteiger partial charge < -0.3 is 40.5 Å². The van der Waals surface area contributed by atoms with Crippen LogP contribution in [0.4, 0.5) is 23.0 Å². The molecule has 2 aromatic heterocycles. The standard InChI is InChI=1S/C11H15N3O2.C10H14N4O2.C4H8O2.CH4/c1-9-3-2-6-13(8-9)10-4-5-12-11(7-10)14(15)16;11-8-2-1-5-13(7-8)9-3-4-12-10(6-9)14(15)16;1-3-6-4(2)5;/h4-5,7,9H,2-3,6,8H2,1H3;3-4,6,8H,1-2,5,7,11H2;3H2,1-2H3;1H4/t9-;8-;;/m11../s1. The SMILES string of the molecule is C.CCOC(C)=O.C[C@@H]1CCCN(c2ccnc([N+](=O)[O-])c2)C1.N[C@@H]1CCCN(c2ccnc([N+](=O)[O-])c2)C1. The van der Waals surface area contributed by atoms with Gasteiger partial charge in [-0.05, 0) is 58.3 Å². The molecule has 2 aromatic rings. The quantitative estimate of drug-likeness (QED) is 0.320. The van der Waals surface area contributed by atoms with Crippen molar-refractivity contribution in [3.8, 4) is 0 Å². The Balaban J connectivity index is 0.000000318. The van der Waals surface area contributed by atoms with Crippen molar-refractivity contribution in [3.63, 3.8) is 0 Å². The van der Waals surface area contributed by atoms with E-state index in [0.717, 1.165) is 56.8 Å². The van der Waals surface area contributed by atoms with Gasteiger partial charge in [0.1, 0.15) is 12.4 Å². The third-order valence-electron chi connectivity index (χ3n) is 6.03. The smallest absolute Gasteiger partial charge is 0.365 e. The average Bonchev–Trinajstić information content (AvgIpc) is 2.89. The zero-order valence-corrected chi connectivity index (χ0v) is 22.2. The predicted molar refractivity (Wildman–Crippen MR) is 151 cm³/mol. The number of hydrogen-bond donors (Lipinski definition) is 1. The molecular formula is C26H41N7O6. The van der Waals surface area contributed by atoms with Crippen molar-refractivity contribution in [2.45, 2.75) is 59.9 Å². The normalized spacial score (nSPS) is 18.3. The van der Waals surface area contributed by atoms with Crippen LogP contribution in [0.1, 0.15) is 53.9 Å². The minimum absolute atomic E-state index is 0. The maximum atomic E-state index is 10.6. The topological polar surface area (TPSA) is 171 Å². The minimum atomic E-state index is -0.479. The first kappa shape index (κ1) is 33.2. The molecule has 0 aromatic carbocycles. The Hall–Kier alpha value is -3.87. The number of carbonyl (C=O) groups is 1. The Morgan fingerprint density at radius 2 is 1.49 bits per heavy atom. The second-order valence-corrected chi connectivity index (χ2v) is 9.23. The lowest BCUT2D eigenvalue weighted by Gasteiger charge is -2.32. The van der Waals surface area contributed by atoms with Gasteiger partial charge in [-0.15, -0.1) is 0 Å². The maximum Gasteiger partial charge on any atom is 0.365 e. The van der Waals surface area contributed by atoms with Crippen molar-refractivity contribution < 1.29 is 19.4 Å². The summed E-state index contributed by atoms with van der Waals surface area (Å²) in [7, 11) is 0. The van der Waals surface area contributed by atoms with Crippen molar-refractivity contribution in [2.24, 2.45) is 11.7 Å². The number of piperidine rings is 2. The summed E-state index contributed by atoms with van der Waals surface area (Å²) in [5, 5.41) is 21.2. The number of aromatic nitrogens is 2. The summed E-state index contributed by atoms with van der Waals surface area (Å²) in [5.74, 6) is 0.255. The lowest BCUT2D eigenvalue weighted by Crippen LogP contribution is -2.42. The van der Waals surface area contributed by atoms with Crippen molar-refractivity contribution in [1.82, 2.24) is 9.97 Å². The second-order valence-electron chi connectivity index (χ2n) is 9.23. The Morgan fingerprint density at radius 1 is 1.00 bits per heavy atom. The van der Waals surface area contributed by atoms with Crippen LogP contribution in [0.3, 0.4) is 0 Å². The number of anilines is 2. The van der Waals surface area contributed by atoms with Crippen LogP contribution in [-0.2, 0) is 9.53 Å². The van der Waals surface area contributed by atoms with Gasteiger partial charge in [-0.1, -0.05) is 14.4 Å². The third-order valence-corrected chi connectivity index (χ3v) is 6.03. The number of pyridine rings is 2. The molecule has 0 amide bonds. The lowest BCUT2D eigenvalue weighted by molar-refractivity contribution is -0.389. The Kier molecular flexibility index (Phi) is 14.3. The van der Waals surface area contributed by atoms with E-state index in [2.05, 4.69) is 31.4 Å². The van der Waals surface area contributed by atoms with E-state index in [1.165, 1.54) is 31.8 Å². The molecule has 0 saturated carbocycles. The van der Waals surface area contributed by atoms with E-state index >= 15 is 0 Å². The number of rotatable bonds is 5. The number of carbonyl (C=O) groups excluding carboxylic acids is 1. The van der Waals surface area contributed by atoms with E-state index in [9.17, 15) is 25.0 Å². The highest BCUT2D eigenvalue weighted by Gasteiger charge is 2.20. The summed E-state index contributed by atoms with van der Waals surface area (Å²) in [6.45, 7) is 9.46. The van der Waals surface area contributed by atoms with E-state index in [0.29, 0.717) is 12.5 Å². The molecule has 0 bridgehead atoms. The van der Waals surface area contributed by atoms with Crippen molar-refractivity contribution in [2.75, 3.05) is 42.6 Å². The first-order valence-corrected chi connectivity index (χ1v) is 12.7. The summed E-state index contributed by atoms with van der Waals surface area (Å²) in [4.78, 5) is 41.8. The van der Waals surface area contributed by atoms with E-state index in [1.807, 2.05) is 6.07 Å². The third kappa shape index (κ3) is 11.6. The minimum Gasteiger partial charge on any atom is -0.466 e. The molecule has 2 N–H and O–H groups in total. The Labute approximate surface area is 229 Å². The summed E-state index contributed by atoms with van der Waals surface area (Å²) >= 11 is 0. The van der Waals surface area contributed by atoms with E-state index in [-0.39, 0.29) is 31.1 Å². The Morgan fingerprint density at radius 3 is 1.87 bits per heavy atom. The molecule has 2 aliphatic rings. The lowest BCUT2D eigenvalue weighted by atomic mass is 10.00. The van der Waals surface area contributed by atoms with Crippen molar-refractivity contribution in [1.29, 1.82) is 0 Å². The van der Waals surface area contributed by atoms with Gasteiger partial charge >= 0.3 is 17.6 Å². The highest BCUT2D eigenvalue weighted by Crippen LogP contribution is 2.25. The van der Waals surface area contributed by atoms with Gasteiger partial charge in [-0.2, -0.15) is 0 Å². The summed E-state index contributed by atoms with van der Waals surface area (Å²) < 4.78 is 4.40. The molecule has 13 heteroatoms. The van der Waals surface area contributed by atoms with Crippen LogP contribution in [0, 0.1) is 26.1 Å². The van der Waals surface area contributed by atoms with Gasteiger partial charge in [0, 0.05) is 62.7 Å². The molecule has 2 atom stereocenters. The van der Waals surface area contributed by atoms with Gasteiger partial charge in [0.15, 0.2) is 0 Å². The first-order chi connectivity index (χ1) is 18.1. The van der Waals surface area contributed by atoms with Crippen LogP contribution >= 0.6 is 0 Å². The molecule has 13 nitrogen and oxygen atoms in total. The van der Waals surface area contributed by atoms with Gasteiger partial charge in [-0.25, -0.2) is 0 Å². The van der Waals surface area contributed by atoms with Crippen LogP contribution in [0.25, 0.3) is 0 Å². The molecule has 216 valence electrons. The molecule has 4 rings (SSSR count). The molecular weight excluding hydrogens is 506 g/mol. The number of nitrogens with two attached hydrogens (primary N) is 1. The fourth-order valence-corrected chi connectivity index (χ4v) is 4.28. The maximum absolute atomic E-state index is 10.6. The van der Waals surface area contributed by atoms with Gasteiger partial charge in [-0.3, -0.25) is 4.79 Å². The van der Waals surface area contributed by atoms with Crippen LogP contribution in [0.2, 0.25) is 0 Å². The zero-order valence-electron chi connectivity index (χ0n) is 22.2. The molecule has 2 saturated heterocycles. The predicted octanol–water partition coefficient (Wildman–Crippen LogP) is 4.35. The van der Waals surface area contributed by atoms with Crippen molar-refractivity contribution >= 4 is 29.0 Å². The highest BCUT2D eigenvalue weighted by molar-refractivity contribution is 5.65. The van der Waals surface area contributed by atoms with Gasteiger partial charge in [0.05, 0.1) is 18.7 Å². The fraction of sp³-hybridized carbons (Fsp3) is 0.577. The number of ether oxygens (including phenoxy) is 1. The molecule has 0 spiro atoms. The molecule has 4 heterocycles. The summed E-state index contributed by atoms with van der Waals surface area (Å²) in [6.07, 6.45) is 7.41. The van der Waals surface area contributed by atoms with Crippen LogP contribution < -0.4 is 15.5 Å². The summed E-state index contributed by atoms with van der Waals surface area (Å²) in [5.41, 5.74) is 7.61. The monoisotopic (exact) mass is 547 g/mol. The van der Waals surface area contributed by atoms with Gasteiger partial charge in [0.25, 0.3) is 0 Å². The van der Waals surface area contributed by atoms with E-state index in [1.54, 1.807) is 19.1 Å². The zero-order chi connectivity index (χ0) is 28.1. The number of esters is 1. The molecule has 0 unspecified atom stereocenters. The van der Waals surface area contributed by atoms with E-state index in [4.69, 9.17) is 5.73 Å². The number of nitro groups is 2. The largest absolute Gasteiger partial charge is 0.466 e. The Bertz CT molecular complexity index is 995. The summed E-state index contributed by atoms with van der Waals surface area (Å²) in [6, 6.07) is 6.83. The highest BCUT2D eigenvalue weighted by atomic mass is 16.6. The van der Waals surface area contributed by atoms with Crippen LogP contribution in [0.5, 0.6) is 0 Å². The first-order valence-electron chi connectivity index (χ1n) is 12.7. The molecule has 0 aliphatic carbocycles. The molecule has 0 radical (unpaired) electrons. The molecule has 2 fully saturated rings.